The lowest BCUT2D eigenvalue weighted by Gasteiger charge is -2.32. The fourth-order valence-electron chi connectivity index (χ4n) is 3.88. The molecule has 0 aliphatic heterocycles. The molecule has 36 heavy (non-hydrogen) atoms. The largest absolute Gasteiger partial charge is 0.350 e. The van der Waals surface area contributed by atoms with Crippen molar-refractivity contribution >= 4 is 39.1 Å². The summed E-state index contributed by atoms with van der Waals surface area (Å²) in [5.74, 6) is -0.456. The first-order valence-electron chi connectivity index (χ1n) is 12.0. The average Bonchev–Trinajstić information content (AvgIpc) is 2.76. The summed E-state index contributed by atoms with van der Waals surface area (Å²) in [6.07, 6.45) is 1.51. The zero-order valence-electron chi connectivity index (χ0n) is 22.3. The van der Waals surface area contributed by atoms with Crippen LogP contribution in [0.1, 0.15) is 57.2 Å². The molecule has 0 bridgehead atoms. The lowest BCUT2D eigenvalue weighted by atomic mass is 10.1. The van der Waals surface area contributed by atoms with Crippen LogP contribution < -0.4 is 9.62 Å². The summed E-state index contributed by atoms with van der Waals surface area (Å²) in [5.41, 5.74) is 2.69. The van der Waals surface area contributed by atoms with Crippen LogP contribution in [0.2, 0.25) is 5.02 Å². The molecule has 0 saturated heterocycles. The highest BCUT2D eigenvalue weighted by Gasteiger charge is 2.29. The second-order valence-electron chi connectivity index (χ2n) is 10.2. The quantitative estimate of drug-likeness (QED) is 0.472. The van der Waals surface area contributed by atoms with Gasteiger partial charge in [-0.2, -0.15) is 0 Å². The van der Waals surface area contributed by atoms with E-state index in [4.69, 9.17) is 11.6 Å². The van der Waals surface area contributed by atoms with Crippen molar-refractivity contribution in [1.82, 2.24) is 10.2 Å². The maximum absolute atomic E-state index is 13.4. The predicted octanol–water partition coefficient (Wildman–Crippen LogP) is 4.84. The predicted molar refractivity (Wildman–Crippen MR) is 147 cm³/mol. The molecular formula is C27H38ClN3O4S. The Morgan fingerprint density at radius 3 is 2.28 bits per heavy atom. The van der Waals surface area contributed by atoms with Crippen LogP contribution in [0.3, 0.4) is 0 Å². The van der Waals surface area contributed by atoms with E-state index < -0.39 is 21.6 Å². The Morgan fingerprint density at radius 1 is 1.06 bits per heavy atom. The molecule has 198 valence electrons. The third-order valence-corrected chi connectivity index (χ3v) is 7.52. The Bertz CT molecular complexity index is 1190. The van der Waals surface area contributed by atoms with Crippen molar-refractivity contribution in [3.8, 4) is 0 Å². The number of nitrogens with one attached hydrogen (secondary N) is 1. The highest BCUT2D eigenvalue weighted by molar-refractivity contribution is 7.92. The van der Waals surface area contributed by atoms with Crippen molar-refractivity contribution in [3.63, 3.8) is 0 Å². The van der Waals surface area contributed by atoms with Gasteiger partial charge in [-0.05, 0) is 76.8 Å². The van der Waals surface area contributed by atoms with Gasteiger partial charge in [0.25, 0.3) is 0 Å². The number of hydrogen-bond donors (Lipinski definition) is 1. The maximum Gasteiger partial charge on any atom is 0.242 e. The van der Waals surface area contributed by atoms with E-state index in [1.807, 2.05) is 52.0 Å². The van der Waals surface area contributed by atoms with E-state index in [9.17, 15) is 18.0 Å². The third-order valence-electron chi connectivity index (χ3n) is 5.93. The maximum atomic E-state index is 13.4. The van der Waals surface area contributed by atoms with Crippen molar-refractivity contribution in [2.24, 2.45) is 0 Å². The molecule has 1 atom stereocenters. The molecule has 0 fully saturated rings. The average molecular weight is 536 g/mol. The van der Waals surface area contributed by atoms with E-state index in [0.717, 1.165) is 17.4 Å². The minimum Gasteiger partial charge on any atom is -0.350 e. The number of carbonyl (C=O) groups excluding carboxylic acids is 2. The van der Waals surface area contributed by atoms with Gasteiger partial charge in [0.2, 0.25) is 21.8 Å². The summed E-state index contributed by atoms with van der Waals surface area (Å²) in [5, 5.41) is 3.42. The molecule has 1 N–H and O–H groups in total. The first kappa shape index (κ1) is 29.6. The summed E-state index contributed by atoms with van der Waals surface area (Å²) in [4.78, 5) is 27.9. The summed E-state index contributed by atoms with van der Waals surface area (Å²) in [6.45, 7) is 11.5. The number of hydrogen-bond acceptors (Lipinski definition) is 4. The Morgan fingerprint density at radius 2 is 1.69 bits per heavy atom. The fourth-order valence-corrected chi connectivity index (χ4v) is 5.06. The molecule has 0 radical (unpaired) electrons. The van der Waals surface area contributed by atoms with Gasteiger partial charge < -0.3 is 10.2 Å². The van der Waals surface area contributed by atoms with E-state index in [1.165, 1.54) is 4.31 Å². The fraction of sp³-hybridized carbons (Fsp3) is 0.481. The van der Waals surface area contributed by atoms with E-state index in [0.29, 0.717) is 16.3 Å². The number of anilines is 1. The van der Waals surface area contributed by atoms with Crippen LogP contribution in [0.25, 0.3) is 0 Å². The Kier molecular flexibility index (Phi) is 9.97. The topological polar surface area (TPSA) is 86.8 Å². The third kappa shape index (κ3) is 8.23. The minimum absolute atomic E-state index is 0.0879. The molecular weight excluding hydrogens is 498 g/mol. The lowest BCUT2D eigenvalue weighted by molar-refractivity contribution is -0.141. The molecule has 0 aliphatic carbocycles. The molecule has 9 heteroatoms. The van der Waals surface area contributed by atoms with Gasteiger partial charge >= 0.3 is 0 Å². The van der Waals surface area contributed by atoms with Gasteiger partial charge in [0.1, 0.15) is 6.04 Å². The van der Waals surface area contributed by atoms with Crippen LogP contribution in [0.5, 0.6) is 0 Å². The smallest absolute Gasteiger partial charge is 0.242 e. The molecule has 1 unspecified atom stereocenters. The van der Waals surface area contributed by atoms with Crippen molar-refractivity contribution in [1.29, 1.82) is 0 Å². The first-order valence-corrected chi connectivity index (χ1v) is 14.2. The van der Waals surface area contributed by atoms with Gasteiger partial charge in [-0.15, -0.1) is 0 Å². The van der Waals surface area contributed by atoms with Crippen LogP contribution >= 0.6 is 11.6 Å². The van der Waals surface area contributed by atoms with Gasteiger partial charge in [-0.1, -0.05) is 41.9 Å². The molecule has 2 amide bonds. The number of rotatable bonds is 10. The lowest BCUT2D eigenvalue weighted by Crippen LogP contribution is -2.52. The summed E-state index contributed by atoms with van der Waals surface area (Å²) in [7, 11) is -3.59. The van der Waals surface area contributed by atoms with Crippen LogP contribution in [0.15, 0.2) is 42.5 Å². The van der Waals surface area contributed by atoms with Crippen LogP contribution in [-0.2, 0) is 26.2 Å². The highest BCUT2D eigenvalue weighted by Crippen LogP contribution is 2.28. The van der Waals surface area contributed by atoms with Crippen molar-refractivity contribution in [2.75, 3.05) is 17.1 Å². The Hall–Kier alpha value is -2.58. The van der Waals surface area contributed by atoms with Crippen molar-refractivity contribution in [3.05, 3.63) is 64.2 Å². The van der Waals surface area contributed by atoms with Crippen molar-refractivity contribution in [2.45, 2.75) is 72.5 Å². The minimum atomic E-state index is -3.59. The number of aryl methyl sites for hydroxylation is 1. The Balaban J connectivity index is 2.24. The van der Waals surface area contributed by atoms with Gasteiger partial charge in [-0.25, -0.2) is 8.42 Å². The van der Waals surface area contributed by atoms with E-state index in [2.05, 4.69) is 5.32 Å². The second kappa shape index (κ2) is 12.1. The number of nitrogens with zero attached hydrogens (tertiary/aromatic N) is 2. The molecule has 2 aromatic rings. The first-order chi connectivity index (χ1) is 16.6. The van der Waals surface area contributed by atoms with Crippen LogP contribution in [-0.4, -0.2) is 49.5 Å². The zero-order chi connectivity index (χ0) is 27.3. The number of amides is 2. The summed E-state index contributed by atoms with van der Waals surface area (Å²) in [6, 6.07) is 12.2. The standard InChI is InChI=1S/C27H38ClN3O4S/c1-19-12-8-9-13-22(19)18-30(21(3)26(33)29-27(4,5)6)25(32)16-11-17-31(36(7,34)35)24-15-10-14-23(28)20(24)2/h8-10,12-15,21H,11,16-18H2,1-7H3,(H,29,33). The monoisotopic (exact) mass is 535 g/mol. The number of sulfonamides is 1. The molecule has 7 nitrogen and oxygen atoms in total. The molecule has 2 rings (SSSR count). The molecule has 0 aromatic heterocycles. The highest BCUT2D eigenvalue weighted by atomic mass is 35.5. The molecule has 0 heterocycles. The van der Waals surface area contributed by atoms with Crippen molar-refractivity contribution < 1.29 is 18.0 Å². The molecule has 2 aromatic carbocycles. The zero-order valence-corrected chi connectivity index (χ0v) is 23.8. The van der Waals surface area contributed by atoms with Gasteiger partial charge in [0.15, 0.2) is 0 Å². The molecule has 0 saturated carbocycles. The van der Waals surface area contributed by atoms with E-state index in [1.54, 1.807) is 36.9 Å². The normalized spacial score (nSPS) is 12.7. The van der Waals surface area contributed by atoms with Crippen LogP contribution in [0.4, 0.5) is 5.69 Å². The number of benzene rings is 2. The van der Waals surface area contributed by atoms with E-state index in [-0.39, 0.29) is 37.7 Å². The molecule has 0 spiro atoms. The SMILES string of the molecule is Cc1ccccc1CN(C(=O)CCCN(c1cccc(Cl)c1C)S(C)(=O)=O)C(C)C(=O)NC(C)(C)C. The van der Waals surface area contributed by atoms with E-state index >= 15 is 0 Å². The number of carbonyl (C=O) groups is 2. The Labute approximate surface area is 220 Å². The van der Waals surface area contributed by atoms with Crippen LogP contribution in [0, 0.1) is 13.8 Å². The van der Waals surface area contributed by atoms with Gasteiger partial charge in [0.05, 0.1) is 11.9 Å². The van der Waals surface area contributed by atoms with Gasteiger partial charge in [0, 0.05) is 30.1 Å². The molecule has 0 aliphatic rings. The summed E-state index contributed by atoms with van der Waals surface area (Å²) >= 11 is 6.21. The second-order valence-corrected chi connectivity index (χ2v) is 12.5. The number of halogens is 1. The summed E-state index contributed by atoms with van der Waals surface area (Å²) < 4.78 is 26.4. The van der Waals surface area contributed by atoms with Gasteiger partial charge in [-0.3, -0.25) is 13.9 Å².